The van der Waals surface area contributed by atoms with Crippen molar-refractivity contribution in [3.05, 3.63) is 60.7 Å². The van der Waals surface area contributed by atoms with Crippen LogP contribution in [0.25, 0.3) is 5.69 Å². The van der Waals surface area contributed by atoms with Gasteiger partial charge in [-0.2, -0.15) is 4.68 Å². The van der Waals surface area contributed by atoms with Gasteiger partial charge in [0.05, 0.1) is 12.2 Å². The Bertz CT molecular complexity index is 794. The van der Waals surface area contributed by atoms with Crippen LogP contribution in [-0.4, -0.2) is 30.7 Å². The lowest BCUT2D eigenvalue weighted by atomic mass is 10.0. The Balaban J connectivity index is 1.71. The van der Waals surface area contributed by atoms with Gasteiger partial charge in [-0.1, -0.05) is 32.0 Å². The van der Waals surface area contributed by atoms with Gasteiger partial charge in [0.15, 0.2) is 5.82 Å². The summed E-state index contributed by atoms with van der Waals surface area (Å²) in [5.74, 6) is 0.968. The average Bonchev–Trinajstić information content (AvgIpc) is 3.29. The fraction of sp³-hybridized carbons (Fsp3) is 0.333. The molecular weight excluding hydrogens is 316 g/mol. The zero-order chi connectivity index (χ0) is 17.6. The van der Waals surface area contributed by atoms with Gasteiger partial charge >= 0.3 is 0 Å². The molecule has 0 radical (unpaired) electrons. The second kappa shape index (κ2) is 7.74. The van der Waals surface area contributed by atoms with Crippen LogP contribution in [0, 0.1) is 5.92 Å². The van der Waals surface area contributed by atoms with Crippen LogP contribution in [0.5, 0.6) is 0 Å². The number of nitrogens with one attached hydrogen (secondary N) is 1. The highest BCUT2D eigenvalue weighted by Crippen LogP contribution is 2.18. The first-order valence-electron chi connectivity index (χ1n) is 8.38. The Hall–Kier alpha value is -2.96. The summed E-state index contributed by atoms with van der Waals surface area (Å²) in [6, 6.07) is 13.2. The molecule has 0 saturated heterocycles. The van der Waals surface area contributed by atoms with Crippen LogP contribution in [0.2, 0.25) is 0 Å². The molecule has 0 fully saturated rings. The van der Waals surface area contributed by atoms with Gasteiger partial charge in [-0.05, 0) is 47.0 Å². The molecular formula is C18H22N6O. The van der Waals surface area contributed by atoms with Gasteiger partial charge in [-0.15, -0.1) is 5.10 Å². The Labute approximate surface area is 146 Å². The maximum absolute atomic E-state index is 12.7. The molecule has 2 aromatic heterocycles. The first kappa shape index (κ1) is 16.9. The third-order valence-corrected chi connectivity index (χ3v) is 3.94. The lowest BCUT2D eigenvalue weighted by molar-refractivity contribution is -0.125. The molecule has 0 saturated carbocycles. The van der Waals surface area contributed by atoms with E-state index in [1.165, 1.54) is 0 Å². The fourth-order valence-electron chi connectivity index (χ4n) is 2.74. The van der Waals surface area contributed by atoms with E-state index in [-0.39, 0.29) is 18.5 Å². The SMILES string of the molecule is CC(C)CC(C(=O)NCc1nnnn1-c1ccccc1)n1cccc1. The Morgan fingerprint density at radius 2 is 1.84 bits per heavy atom. The predicted octanol–water partition coefficient (Wildman–Crippen LogP) is 2.37. The smallest absolute Gasteiger partial charge is 0.243 e. The van der Waals surface area contributed by atoms with Gasteiger partial charge in [-0.3, -0.25) is 4.79 Å². The summed E-state index contributed by atoms with van der Waals surface area (Å²) in [7, 11) is 0. The van der Waals surface area contributed by atoms with E-state index in [4.69, 9.17) is 0 Å². The molecule has 130 valence electrons. The highest BCUT2D eigenvalue weighted by Gasteiger charge is 2.21. The maximum Gasteiger partial charge on any atom is 0.243 e. The highest BCUT2D eigenvalue weighted by molar-refractivity contribution is 5.80. The summed E-state index contributed by atoms with van der Waals surface area (Å²) in [4.78, 5) is 12.7. The molecule has 3 rings (SSSR count). The van der Waals surface area contributed by atoms with E-state index in [1.807, 2.05) is 59.4 Å². The first-order chi connectivity index (χ1) is 12.1. The molecule has 7 heteroatoms. The van der Waals surface area contributed by atoms with Crippen LogP contribution in [0.3, 0.4) is 0 Å². The van der Waals surface area contributed by atoms with Crippen molar-refractivity contribution in [3.8, 4) is 5.69 Å². The Morgan fingerprint density at radius 3 is 2.52 bits per heavy atom. The third kappa shape index (κ3) is 4.12. The van der Waals surface area contributed by atoms with E-state index < -0.39 is 0 Å². The molecule has 0 aliphatic carbocycles. The third-order valence-electron chi connectivity index (χ3n) is 3.94. The Kier molecular flexibility index (Phi) is 5.23. The van der Waals surface area contributed by atoms with Crippen molar-refractivity contribution in [2.45, 2.75) is 32.9 Å². The van der Waals surface area contributed by atoms with E-state index >= 15 is 0 Å². The van der Waals surface area contributed by atoms with Gasteiger partial charge in [0.1, 0.15) is 6.04 Å². The molecule has 0 aliphatic rings. The van der Waals surface area contributed by atoms with Gasteiger partial charge in [0.25, 0.3) is 0 Å². The number of tetrazole rings is 1. The predicted molar refractivity (Wildman–Crippen MR) is 93.9 cm³/mol. The molecule has 25 heavy (non-hydrogen) atoms. The van der Waals surface area contributed by atoms with Crippen LogP contribution < -0.4 is 5.32 Å². The summed E-state index contributed by atoms with van der Waals surface area (Å²) in [5, 5.41) is 14.7. The monoisotopic (exact) mass is 338 g/mol. The van der Waals surface area contributed by atoms with Gasteiger partial charge in [0.2, 0.25) is 5.91 Å². The lowest BCUT2D eigenvalue weighted by Crippen LogP contribution is -2.33. The number of para-hydroxylation sites is 1. The van der Waals surface area contributed by atoms with Crippen LogP contribution in [0.1, 0.15) is 32.1 Å². The number of carbonyl (C=O) groups is 1. The minimum Gasteiger partial charge on any atom is -0.347 e. The summed E-state index contributed by atoms with van der Waals surface area (Å²) in [6.45, 7) is 4.50. The molecule has 0 aliphatic heterocycles. The van der Waals surface area contributed by atoms with E-state index in [1.54, 1.807) is 4.68 Å². The summed E-state index contributed by atoms with van der Waals surface area (Å²) < 4.78 is 3.57. The molecule has 2 heterocycles. The normalized spacial score (nSPS) is 12.3. The molecule has 1 atom stereocenters. The first-order valence-corrected chi connectivity index (χ1v) is 8.38. The van der Waals surface area contributed by atoms with Gasteiger partial charge in [0, 0.05) is 12.4 Å². The number of hydrogen-bond donors (Lipinski definition) is 1. The highest BCUT2D eigenvalue weighted by atomic mass is 16.2. The van der Waals surface area contributed by atoms with Crippen molar-refractivity contribution < 1.29 is 4.79 Å². The molecule has 0 bridgehead atoms. The van der Waals surface area contributed by atoms with Crippen LogP contribution in [0.4, 0.5) is 0 Å². The number of benzene rings is 1. The van der Waals surface area contributed by atoms with E-state index in [9.17, 15) is 4.79 Å². The molecule has 3 aromatic rings. The standard InChI is InChI=1S/C18H22N6O/c1-14(2)12-16(23-10-6-7-11-23)18(25)19-13-17-20-21-22-24(17)15-8-4-3-5-9-15/h3-11,14,16H,12-13H2,1-2H3,(H,19,25). The van der Waals surface area contributed by atoms with Crippen LogP contribution in [0.15, 0.2) is 54.9 Å². The zero-order valence-corrected chi connectivity index (χ0v) is 14.4. The van der Waals surface area contributed by atoms with E-state index in [0.29, 0.717) is 11.7 Å². The average molecular weight is 338 g/mol. The summed E-state index contributed by atoms with van der Waals surface area (Å²) >= 11 is 0. The molecule has 1 unspecified atom stereocenters. The minimum absolute atomic E-state index is 0.0347. The number of aromatic nitrogens is 5. The quantitative estimate of drug-likeness (QED) is 0.717. The van der Waals surface area contributed by atoms with Gasteiger partial charge in [-0.25, -0.2) is 0 Å². The summed E-state index contributed by atoms with van der Waals surface area (Å²) in [5.41, 5.74) is 0.862. The molecule has 7 nitrogen and oxygen atoms in total. The molecule has 1 N–H and O–H groups in total. The molecule has 0 spiro atoms. The largest absolute Gasteiger partial charge is 0.347 e. The topological polar surface area (TPSA) is 77.6 Å². The second-order valence-electron chi connectivity index (χ2n) is 6.34. The van der Waals surface area contributed by atoms with Crippen molar-refractivity contribution in [3.63, 3.8) is 0 Å². The number of amides is 1. The van der Waals surface area contributed by atoms with Crippen LogP contribution in [-0.2, 0) is 11.3 Å². The zero-order valence-electron chi connectivity index (χ0n) is 14.4. The number of hydrogen-bond acceptors (Lipinski definition) is 4. The van der Waals surface area contributed by atoms with Gasteiger partial charge < -0.3 is 9.88 Å². The number of nitrogens with zero attached hydrogens (tertiary/aromatic N) is 5. The lowest BCUT2D eigenvalue weighted by Gasteiger charge is -2.20. The van der Waals surface area contributed by atoms with Crippen molar-refractivity contribution in [2.75, 3.05) is 0 Å². The fourth-order valence-corrected chi connectivity index (χ4v) is 2.74. The molecule has 1 aromatic carbocycles. The maximum atomic E-state index is 12.7. The van der Waals surface area contributed by atoms with Crippen LogP contribution >= 0.6 is 0 Å². The van der Waals surface area contributed by atoms with E-state index in [0.717, 1.165) is 12.1 Å². The minimum atomic E-state index is -0.240. The van der Waals surface area contributed by atoms with Crippen molar-refractivity contribution >= 4 is 5.91 Å². The molecule has 1 amide bonds. The number of rotatable bonds is 7. The Morgan fingerprint density at radius 1 is 1.12 bits per heavy atom. The van der Waals surface area contributed by atoms with Crippen molar-refractivity contribution in [1.29, 1.82) is 0 Å². The number of carbonyl (C=O) groups excluding carboxylic acids is 1. The summed E-state index contributed by atoms with van der Waals surface area (Å²) in [6.07, 6.45) is 4.60. The van der Waals surface area contributed by atoms with E-state index in [2.05, 4.69) is 34.7 Å². The van der Waals surface area contributed by atoms with Crippen molar-refractivity contribution in [2.24, 2.45) is 5.92 Å². The van der Waals surface area contributed by atoms with Crippen molar-refractivity contribution in [1.82, 2.24) is 30.1 Å². The second-order valence-corrected chi connectivity index (χ2v) is 6.34.